The van der Waals surface area contributed by atoms with Crippen LogP contribution >= 0.6 is 11.6 Å². The van der Waals surface area contributed by atoms with E-state index in [0.717, 1.165) is 22.6 Å². The number of carbonyl (C=O) groups excluding carboxylic acids is 2. The normalized spacial score (nSPS) is 17.5. The van der Waals surface area contributed by atoms with Crippen molar-refractivity contribution in [3.8, 4) is 6.07 Å². The number of carbonyl (C=O) groups is 2. The Bertz CT molecular complexity index is 1820. The maximum atomic E-state index is 14.9. The monoisotopic (exact) mass is 633 g/mol. The van der Waals surface area contributed by atoms with Crippen LogP contribution in [0.5, 0.6) is 0 Å². The first-order chi connectivity index (χ1) is 21.5. The van der Waals surface area contributed by atoms with Crippen LogP contribution in [0.1, 0.15) is 35.6 Å². The van der Waals surface area contributed by atoms with Gasteiger partial charge in [0.1, 0.15) is 29.5 Å². The van der Waals surface area contributed by atoms with Crippen LogP contribution in [0.15, 0.2) is 85.1 Å². The fourth-order valence-corrected chi connectivity index (χ4v) is 6.11. The first-order valence-corrected chi connectivity index (χ1v) is 14.4. The molecule has 1 aliphatic carbocycles. The molecule has 1 fully saturated rings. The van der Waals surface area contributed by atoms with E-state index in [1.54, 1.807) is 35.2 Å². The van der Waals surface area contributed by atoms with Crippen LogP contribution in [0, 0.1) is 23.0 Å². The van der Waals surface area contributed by atoms with Crippen molar-refractivity contribution in [2.45, 2.75) is 43.3 Å². The Morgan fingerprint density at radius 2 is 1.71 bits per heavy atom. The number of amides is 2. The number of fused-ring (bicyclic) bond motifs is 1. The smallest absolute Gasteiger partial charge is 0.252 e. The highest BCUT2D eigenvalue weighted by Gasteiger charge is 2.48. The maximum absolute atomic E-state index is 14.9. The summed E-state index contributed by atoms with van der Waals surface area (Å²) in [5, 5.41) is 12.2. The number of hydrogen-bond acceptors (Lipinski definition) is 5. The second-order valence-corrected chi connectivity index (χ2v) is 11.4. The van der Waals surface area contributed by atoms with Gasteiger partial charge >= 0.3 is 0 Å². The zero-order chi connectivity index (χ0) is 31.9. The number of benzene rings is 3. The molecule has 2 aliphatic rings. The number of nitrogens with zero attached hydrogens (tertiary/aromatic N) is 4. The molecule has 45 heavy (non-hydrogen) atoms. The first kappa shape index (κ1) is 30.1. The lowest BCUT2D eigenvalue weighted by atomic mass is 9.87. The molecule has 0 bridgehead atoms. The minimum atomic E-state index is -2.94. The largest absolute Gasteiger partial charge is 0.351 e. The van der Waals surface area contributed by atoms with Gasteiger partial charge in [0.15, 0.2) is 0 Å². The number of alkyl halides is 2. The van der Waals surface area contributed by atoms with Crippen LogP contribution in [-0.4, -0.2) is 34.8 Å². The molecule has 12 heteroatoms. The van der Waals surface area contributed by atoms with Crippen LogP contribution in [0.2, 0.25) is 5.02 Å². The van der Waals surface area contributed by atoms with E-state index in [9.17, 15) is 32.4 Å². The summed E-state index contributed by atoms with van der Waals surface area (Å²) in [5.41, 5.74) is 1.48. The van der Waals surface area contributed by atoms with Gasteiger partial charge in [-0.15, -0.1) is 0 Å². The molecule has 2 amide bonds. The summed E-state index contributed by atoms with van der Waals surface area (Å²) >= 11 is 6.55. The molecule has 0 saturated heterocycles. The van der Waals surface area contributed by atoms with Gasteiger partial charge in [0.2, 0.25) is 5.91 Å². The number of nitrogens with one attached hydrogen (secondary N) is 1. The molecular formula is C33H24ClF4N5O2. The van der Waals surface area contributed by atoms with E-state index in [1.165, 1.54) is 30.5 Å². The van der Waals surface area contributed by atoms with E-state index in [-0.39, 0.29) is 34.1 Å². The maximum Gasteiger partial charge on any atom is 0.252 e. The number of rotatable bonds is 7. The molecule has 7 nitrogen and oxygen atoms in total. The molecule has 1 aromatic heterocycles. The van der Waals surface area contributed by atoms with Crippen molar-refractivity contribution in [1.82, 2.24) is 10.3 Å². The molecular weight excluding hydrogens is 610 g/mol. The summed E-state index contributed by atoms with van der Waals surface area (Å²) in [4.78, 5) is 35.9. The molecule has 1 aliphatic heterocycles. The van der Waals surface area contributed by atoms with E-state index in [2.05, 4.69) is 10.3 Å². The second kappa shape index (κ2) is 11.9. The molecule has 2 atom stereocenters. The number of pyridine rings is 1. The fraction of sp³-hybridized carbons (Fsp3) is 0.212. The third kappa shape index (κ3) is 5.93. The first-order valence-electron chi connectivity index (χ1n) is 14.0. The number of hydrogen-bond donors (Lipinski definition) is 1. The summed E-state index contributed by atoms with van der Waals surface area (Å²) in [6, 6.07) is 17.2. The van der Waals surface area contributed by atoms with Crippen molar-refractivity contribution in [3.63, 3.8) is 0 Å². The van der Waals surface area contributed by atoms with Crippen molar-refractivity contribution in [2.75, 3.05) is 9.80 Å². The summed E-state index contributed by atoms with van der Waals surface area (Å²) in [7, 11) is 0. The quantitative estimate of drug-likeness (QED) is 0.231. The fourth-order valence-electron chi connectivity index (χ4n) is 5.87. The minimum absolute atomic E-state index is 0.0706. The van der Waals surface area contributed by atoms with Crippen LogP contribution in [0.25, 0.3) is 0 Å². The molecule has 0 radical (unpaired) electrons. The van der Waals surface area contributed by atoms with Crippen LogP contribution in [0.3, 0.4) is 0 Å². The SMILES string of the molecule is N#Cc1ccnc(N2c3ccccc3C[C@H]2C(=O)N(c2cc(F)cc(F)c2)C(C(=O)NC2CC(F)(F)C2)c2ccccc2Cl)c1. The van der Waals surface area contributed by atoms with Gasteiger partial charge in [-0.05, 0) is 42.0 Å². The Balaban J connectivity index is 1.50. The molecule has 0 spiro atoms. The highest BCUT2D eigenvalue weighted by atomic mass is 35.5. The zero-order valence-corrected chi connectivity index (χ0v) is 24.2. The van der Waals surface area contributed by atoms with E-state index in [1.807, 2.05) is 12.1 Å². The lowest BCUT2D eigenvalue weighted by Crippen LogP contribution is -2.56. The van der Waals surface area contributed by atoms with E-state index < -0.39 is 60.3 Å². The van der Waals surface area contributed by atoms with Crippen LogP contribution in [0.4, 0.5) is 34.8 Å². The van der Waals surface area contributed by atoms with Gasteiger partial charge in [0, 0.05) is 53.8 Å². The van der Waals surface area contributed by atoms with Crippen molar-refractivity contribution < 1.29 is 27.2 Å². The Labute approximate surface area is 260 Å². The second-order valence-electron chi connectivity index (χ2n) is 11.0. The lowest BCUT2D eigenvalue weighted by Gasteiger charge is -2.39. The Morgan fingerprint density at radius 1 is 1.02 bits per heavy atom. The molecule has 2 heterocycles. The average Bonchev–Trinajstić information content (AvgIpc) is 3.38. The number of aromatic nitrogens is 1. The number of halogens is 5. The standard InChI is InChI=1S/C33H24ClF4N5O2/c34-26-7-3-2-6-25(26)30(31(44)41-23-16-33(37,38)17-23)42(24-14-21(35)13-22(36)15-24)32(45)28-12-20-5-1-4-8-27(20)43(28)29-11-19(18-39)9-10-40-29/h1-11,13-15,23,28,30H,12,16-17H2,(H,41,44)/t28-,30?/m0/s1. The van der Waals surface area contributed by atoms with Gasteiger partial charge in [-0.1, -0.05) is 48.0 Å². The lowest BCUT2D eigenvalue weighted by molar-refractivity contribution is -0.133. The molecule has 228 valence electrons. The average molecular weight is 634 g/mol. The van der Waals surface area contributed by atoms with Crippen LogP contribution < -0.4 is 15.1 Å². The molecule has 1 saturated carbocycles. The van der Waals surface area contributed by atoms with Gasteiger partial charge in [-0.25, -0.2) is 22.5 Å². The number of para-hydroxylation sites is 1. The highest BCUT2D eigenvalue weighted by Crippen LogP contribution is 2.42. The van der Waals surface area contributed by atoms with Crippen molar-refractivity contribution in [1.29, 1.82) is 5.26 Å². The van der Waals surface area contributed by atoms with E-state index in [0.29, 0.717) is 11.8 Å². The number of nitriles is 1. The third-order valence-corrected chi connectivity index (χ3v) is 8.23. The third-order valence-electron chi connectivity index (χ3n) is 7.89. The van der Waals surface area contributed by atoms with Gasteiger partial charge in [-0.2, -0.15) is 5.26 Å². The van der Waals surface area contributed by atoms with Crippen molar-refractivity contribution in [3.05, 3.63) is 118 Å². The summed E-state index contributed by atoms with van der Waals surface area (Å²) < 4.78 is 56.9. The van der Waals surface area contributed by atoms with Gasteiger partial charge < -0.3 is 10.2 Å². The van der Waals surface area contributed by atoms with Gasteiger partial charge in [-0.3, -0.25) is 14.5 Å². The van der Waals surface area contributed by atoms with E-state index in [4.69, 9.17) is 11.6 Å². The summed E-state index contributed by atoms with van der Waals surface area (Å²) in [5.74, 6) is -6.30. The summed E-state index contributed by atoms with van der Waals surface area (Å²) in [6.45, 7) is 0. The number of anilines is 3. The molecule has 1 unspecified atom stereocenters. The Kier molecular flexibility index (Phi) is 7.93. The topological polar surface area (TPSA) is 89.3 Å². The zero-order valence-electron chi connectivity index (χ0n) is 23.4. The minimum Gasteiger partial charge on any atom is -0.351 e. The highest BCUT2D eigenvalue weighted by molar-refractivity contribution is 6.31. The molecule has 3 aromatic carbocycles. The van der Waals surface area contributed by atoms with Crippen LogP contribution in [-0.2, 0) is 16.0 Å². The summed E-state index contributed by atoms with van der Waals surface area (Å²) in [6.07, 6.45) is 0.351. The van der Waals surface area contributed by atoms with Crippen molar-refractivity contribution in [2.24, 2.45) is 0 Å². The van der Waals surface area contributed by atoms with E-state index >= 15 is 0 Å². The van der Waals surface area contributed by atoms with Gasteiger partial charge in [0.25, 0.3) is 11.8 Å². The molecule has 6 rings (SSSR count). The predicted octanol–water partition coefficient (Wildman–Crippen LogP) is 6.64. The Morgan fingerprint density at radius 3 is 2.40 bits per heavy atom. The predicted molar refractivity (Wildman–Crippen MR) is 159 cm³/mol. The van der Waals surface area contributed by atoms with Gasteiger partial charge in [0.05, 0.1) is 17.3 Å². The Hall–Kier alpha value is -4.95. The molecule has 1 N–H and O–H groups in total. The molecule has 4 aromatic rings. The van der Waals surface area contributed by atoms with Crippen molar-refractivity contribution >= 4 is 40.6 Å².